The van der Waals surface area contributed by atoms with Crippen molar-refractivity contribution in [3.05, 3.63) is 126 Å². The van der Waals surface area contributed by atoms with Crippen LogP contribution in [0.4, 0.5) is 16.2 Å². The van der Waals surface area contributed by atoms with Crippen LogP contribution in [0.3, 0.4) is 0 Å². The van der Waals surface area contributed by atoms with Gasteiger partial charge in [0.1, 0.15) is 11.9 Å². The number of benzene rings is 4. The standard InChI is InChI=1S/C31H32N4O3/c1-35(2)21-20-32-30(36)27-22-26(34-31(37)33-25-16-10-5-11-17-25)18-19-28(27)38-29(23-12-6-3-7-13-23)24-14-8-4-9-15-24/h3-19,22,29H,20-21H2,1-2H3,(H,32,36)(H2,33,34,37). The second kappa shape index (κ2) is 13.1. The largest absolute Gasteiger partial charge is 0.480 e. The summed E-state index contributed by atoms with van der Waals surface area (Å²) in [5, 5.41) is 8.55. The summed E-state index contributed by atoms with van der Waals surface area (Å²) in [5.74, 6) is 0.132. The lowest BCUT2D eigenvalue weighted by atomic mass is 10.0. The Kier molecular flexibility index (Phi) is 9.10. The van der Waals surface area contributed by atoms with Crippen LogP contribution in [0, 0.1) is 0 Å². The highest BCUT2D eigenvalue weighted by molar-refractivity contribution is 6.02. The number of nitrogens with one attached hydrogen (secondary N) is 3. The molecule has 7 nitrogen and oxygen atoms in total. The van der Waals surface area contributed by atoms with E-state index in [9.17, 15) is 9.59 Å². The number of rotatable bonds is 10. The molecule has 0 unspecified atom stereocenters. The molecule has 3 N–H and O–H groups in total. The molecule has 4 aromatic rings. The number of para-hydroxylation sites is 1. The number of hydrogen-bond donors (Lipinski definition) is 3. The van der Waals surface area contributed by atoms with E-state index in [2.05, 4.69) is 16.0 Å². The summed E-state index contributed by atoms with van der Waals surface area (Å²) < 4.78 is 6.52. The van der Waals surface area contributed by atoms with Crippen molar-refractivity contribution >= 4 is 23.3 Å². The molecular formula is C31H32N4O3. The van der Waals surface area contributed by atoms with Crippen LogP contribution in [0.2, 0.25) is 0 Å². The molecule has 3 amide bonds. The molecule has 0 spiro atoms. The van der Waals surface area contributed by atoms with E-state index in [1.165, 1.54) is 0 Å². The lowest BCUT2D eigenvalue weighted by Gasteiger charge is -2.22. The minimum atomic E-state index is -0.425. The van der Waals surface area contributed by atoms with Gasteiger partial charge >= 0.3 is 6.03 Å². The molecule has 38 heavy (non-hydrogen) atoms. The highest BCUT2D eigenvalue weighted by Crippen LogP contribution is 2.32. The van der Waals surface area contributed by atoms with E-state index in [4.69, 9.17) is 4.74 Å². The molecule has 7 heteroatoms. The fourth-order valence-electron chi connectivity index (χ4n) is 3.90. The first kappa shape index (κ1) is 26.4. The van der Waals surface area contributed by atoms with Gasteiger partial charge in [-0.3, -0.25) is 4.79 Å². The first-order chi connectivity index (χ1) is 18.5. The van der Waals surface area contributed by atoms with Crippen molar-refractivity contribution in [3.63, 3.8) is 0 Å². The molecule has 0 radical (unpaired) electrons. The third-order valence-corrected chi connectivity index (χ3v) is 5.81. The van der Waals surface area contributed by atoms with Crippen molar-refractivity contribution in [3.8, 4) is 5.75 Å². The summed E-state index contributed by atoms with van der Waals surface area (Å²) in [6.45, 7) is 1.16. The van der Waals surface area contributed by atoms with Gasteiger partial charge in [0.15, 0.2) is 0 Å². The highest BCUT2D eigenvalue weighted by atomic mass is 16.5. The lowest BCUT2D eigenvalue weighted by Crippen LogP contribution is -2.31. The maximum Gasteiger partial charge on any atom is 0.323 e. The Morgan fingerprint density at radius 2 is 1.29 bits per heavy atom. The molecule has 4 aromatic carbocycles. The first-order valence-corrected chi connectivity index (χ1v) is 12.5. The number of anilines is 2. The third-order valence-electron chi connectivity index (χ3n) is 5.81. The van der Waals surface area contributed by atoms with Crippen LogP contribution in [-0.2, 0) is 0 Å². The van der Waals surface area contributed by atoms with Crippen LogP contribution in [0.5, 0.6) is 5.75 Å². The molecule has 0 aliphatic carbocycles. The van der Waals surface area contributed by atoms with Crippen molar-refractivity contribution in [1.29, 1.82) is 0 Å². The fraction of sp³-hybridized carbons (Fsp3) is 0.161. The molecule has 4 rings (SSSR count). The van der Waals surface area contributed by atoms with Crippen molar-refractivity contribution < 1.29 is 14.3 Å². The Morgan fingerprint density at radius 3 is 1.87 bits per heavy atom. The zero-order valence-corrected chi connectivity index (χ0v) is 21.6. The average molecular weight is 509 g/mol. The number of carbonyl (C=O) groups excluding carboxylic acids is 2. The van der Waals surface area contributed by atoms with Crippen LogP contribution in [0.1, 0.15) is 27.6 Å². The molecule has 0 saturated heterocycles. The van der Waals surface area contributed by atoms with E-state index in [1.54, 1.807) is 30.3 Å². The highest BCUT2D eigenvalue weighted by Gasteiger charge is 2.21. The Hall–Kier alpha value is -4.62. The molecule has 0 bridgehead atoms. The van der Waals surface area contributed by atoms with Gasteiger partial charge in [-0.1, -0.05) is 78.9 Å². The zero-order chi connectivity index (χ0) is 26.7. The smallest absolute Gasteiger partial charge is 0.323 e. The number of carbonyl (C=O) groups is 2. The fourth-order valence-corrected chi connectivity index (χ4v) is 3.90. The molecule has 0 heterocycles. The summed E-state index contributed by atoms with van der Waals surface area (Å²) >= 11 is 0. The molecule has 0 aromatic heterocycles. The second-order valence-corrected chi connectivity index (χ2v) is 9.03. The first-order valence-electron chi connectivity index (χ1n) is 12.5. The number of likely N-dealkylation sites (N-methyl/N-ethyl adjacent to an activating group) is 1. The van der Waals surface area contributed by atoms with Crippen molar-refractivity contribution in [2.24, 2.45) is 0 Å². The third kappa shape index (κ3) is 7.44. The second-order valence-electron chi connectivity index (χ2n) is 9.03. The van der Waals surface area contributed by atoms with Gasteiger partial charge in [0.05, 0.1) is 5.56 Å². The summed E-state index contributed by atoms with van der Waals surface area (Å²) in [4.78, 5) is 27.9. The van der Waals surface area contributed by atoms with Crippen molar-refractivity contribution in [2.75, 3.05) is 37.8 Å². The van der Waals surface area contributed by atoms with Crippen LogP contribution >= 0.6 is 0 Å². The normalized spacial score (nSPS) is 10.7. The topological polar surface area (TPSA) is 82.7 Å². The SMILES string of the molecule is CN(C)CCNC(=O)c1cc(NC(=O)Nc2ccccc2)ccc1OC(c1ccccc1)c1ccccc1. The predicted octanol–water partition coefficient (Wildman–Crippen LogP) is 5.79. The molecule has 194 valence electrons. The summed E-state index contributed by atoms with van der Waals surface area (Å²) in [6, 6.07) is 33.6. The lowest BCUT2D eigenvalue weighted by molar-refractivity contribution is 0.0945. The van der Waals surface area contributed by atoms with Crippen LogP contribution in [0.15, 0.2) is 109 Å². The Labute approximate surface area is 223 Å². The number of hydrogen-bond acceptors (Lipinski definition) is 4. The molecule has 0 fully saturated rings. The van der Waals surface area contributed by atoms with E-state index in [0.717, 1.165) is 11.1 Å². The van der Waals surface area contributed by atoms with Crippen molar-refractivity contribution in [2.45, 2.75) is 6.10 Å². The van der Waals surface area contributed by atoms with Gasteiger partial charge in [-0.2, -0.15) is 0 Å². The van der Waals surface area contributed by atoms with Gasteiger partial charge in [-0.05, 0) is 55.6 Å². The van der Waals surface area contributed by atoms with E-state index >= 15 is 0 Å². The number of amides is 3. The van der Waals surface area contributed by atoms with Gasteiger partial charge in [0.25, 0.3) is 5.91 Å². The van der Waals surface area contributed by atoms with Crippen molar-refractivity contribution in [1.82, 2.24) is 10.2 Å². The summed E-state index contributed by atoms with van der Waals surface area (Å²) in [6.07, 6.45) is -0.425. The van der Waals surface area contributed by atoms with E-state index < -0.39 is 12.1 Å². The number of nitrogens with zero attached hydrogens (tertiary/aromatic N) is 1. The molecule has 0 saturated carbocycles. The quantitative estimate of drug-likeness (QED) is 0.253. The van der Waals surface area contributed by atoms with E-state index in [0.29, 0.717) is 35.8 Å². The molecular weight excluding hydrogens is 476 g/mol. The van der Waals surface area contributed by atoms with Crippen LogP contribution in [-0.4, -0.2) is 44.0 Å². The molecule has 0 aliphatic heterocycles. The minimum Gasteiger partial charge on any atom is -0.480 e. The Morgan fingerprint density at radius 1 is 0.737 bits per heavy atom. The van der Waals surface area contributed by atoms with E-state index in [1.807, 2.05) is 97.9 Å². The maximum atomic E-state index is 13.3. The monoisotopic (exact) mass is 508 g/mol. The maximum absolute atomic E-state index is 13.3. The van der Waals surface area contributed by atoms with Gasteiger partial charge in [-0.15, -0.1) is 0 Å². The predicted molar refractivity (Wildman–Crippen MR) is 152 cm³/mol. The van der Waals surface area contributed by atoms with Crippen LogP contribution < -0.4 is 20.7 Å². The number of urea groups is 1. The van der Waals surface area contributed by atoms with Gasteiger partial charge in [0.2, 0.25) is 0 Å². The van der Waals surface area contributed by atoms with Crippen LogP contribution in [0.25, 0.3) is 0 Å². The molecule has 0 atom stereocenters. The van der Waals surface area contributed by atoms with E-state index in [-0.39, 0.29) is 5.91 Å². The molecule has 0 aliphatic rings. The number of ether oxygens (including phenoxy) is 1. The Balaban J connectivity index is 1.62. The van der Waals surface area contributed by atoms with Gasteiger partial charge < -0.3 is 25.6 Å². The Bertz CT molecular complexity index is 1290. The van der Waals surface area contributed by atoms with Gasteiger partial charge in [0, 0.05) is 24.5 Å². The van der Waals surface area contributed by atoms with Gasteiger partial charge in [-0.25, -0.2) is 4.79 Å². The zero-order valence-electron chi connectivity index (χ0n) is 21.6. The summed E-state index contributed by atoms with van der Waals surface area (Å²) in [7, 11) is 3.89. The summed E-state index contributed by atoms with van der Waals surface area (Å²) in [5.41, 5.74) is 3.39. The minimum absolute atomic E-state index is 0.283. The average Bonchev–Trinajstić information content (AvgIpc) is 2.93.